The van der Waals surface area contributed by atoms with Gasteiger partial charge in [0.2, 0.25) is 5.88 Å². The van der Waals surface area contributed by atoms with Crippen LogP contribution in [0, 0.1) is 0 Å². The van der Waals surface area contributed by atoms with Gasteiger partial charge >= 0.3 is 0 Å². The van der Waals surface area contributed by atoms with Crippen molar-refractivity contribution < 1.29 is 9.47 Å². The van der Waals surface area contributed by atoms with Crippen molar-refractivity contribution in [2.75, 3.05) is 33.4 Å². The van der Waals surface area contributed by atoms with Gasteiger partial charge in [0.05, 0.1) is 19.8 Å². The molecule has 2 fully saturated rings. The first-order chi connectivity index (χ1) is 9.86. The van der Waals surface area contributed by atoms with E-state index in [0.717, 1.165) is 31.8 Å². The molecule has 0 bridgehead atoms. The minimum Gasteiger partial charge on any atom is -0.481 e. The van der Waals surface area contributed by atoms with E-state index < -0.39 is 0 Å². The van der Waals surface area contributed by atoms with Crippen LogP contribution in [0.4, 0.5) is 0 Å². The zero-order valence-electron chi connectivity index (χ0n) is 12.0. The van der Waals surface area contributed by atoms with Gasteiger partial charge in [0, 0.05) is 37.4 Å². The number of hydrogen-bond acceptors (Lipinski definition) is 5. The number of fused-ring (bicyclic) bond motifs is 1. The summed E-state index contributed by atoms with van der Waals surface area (Å²) in [6.07, 6.45) is 4.67. The van der Waals surface area contributed by atoms with Gasteiger partial charge in [0.15, 0.2) is 0 Å². The lowest BCUT2D eigenvalue weighted by Gasteiger charge is -2.35. The van der Waals surface area contributed by atoms with E-state index in [4.69, 9.17) is 9.47 Å². The summed E-state index contributed by atoms with van der Waals surface area (Å²) in [6.45, 7) is 4.83. The van der Waals surface area contributed by atoms with Gasteiger partial charge in [-0.1, -0.05) is 6.07 Å². The van der Waals surface area contributed by atoms with Crippen LogP contribution in [0.25, 0.3) is 0 Å². The van der Waals surface area contributed by atoms with Crippen LogP contribution in [0.1, 0.15) is 18.4 Å². The van der Waals surface area contributed by atoms with Gasteiger partial charge in [0.1, 0.15) is 0 Å². The maximum absolute atomic E-state index is 5.94. The third kappa shape index (κ3) is 3.11. The van der Waals surface area contributed by atoms with Crippen molar-refractivity contribution in [2.45, 2.75) is 31.5 Å². The molecule has 20 heavy (non-hydrogen) atoms. The van der Waals surface area contributed by atoms with E-state index in [2.05, 4.69) is 15.2 Å². The number of morpholine rings is 1. The largest absolute Gasteiger partial charge is 0.481 e. The molecule has 2 atom stereocenters. The van der Waals surface area contributed by atoms with E-state index in [1.54, 1.807) is 13.3 Å². The summed E-state index contributed by atoms with van der Waals surface area (Å²) in [5.74, 6) is 0.698. The van der Waals surface area contributed by atoms with Gasteiger partial charge in [0.25, 0.3) is 0 Å². The molecule has 2 saturated heterocycles. The molecule has 0 saturated carbocycles. The Kier molecular flexibility index (Phi) is 4.50. The van der Waals surface area contributed by atoms with Crippen molar-refractivity contribution in [3.05, 3.63) is 23.9 Å². The van der Waals surface area contributed by atoms with Crippen LogP contribution < -0.4 is 10.1 Å². The average molecular weight is 277 g/mol. The second kappa shape index (κ2) is 6.52. The molecule has 110 valence electrons. The molecular formula is C15H23N3O2. The average Bonchev–Trinajstić information content (AvgIpc) is 2.95. The molecule has 1 N–H and O–H groups in total. The van der Waals surface area contributed by atoms with Crippen molar-refractivity contribution in [1.29, 1.82) is 0 Å². The summed E-state index contributed by atoms with van der Waals surface area (Å²) in [6, 6.07) is 4.65. The van der Waals surface area contributed by atoms with E-state index >= 15 is 0 Å². The van der Waals surface area contributed by atoms with E-state index in [0.29, 0.717) is 18.0 Å². The molecule has 3 heterocycles. The number of rotatable bonds is 5. The van der Waals surface area contributed by atoms with Crippen molar-refractivity contribution in [1.82, 2.24) is 15.2 Å². The fourth-order valence-corrected chi connectivity index (χ4v) is 3.12. The summed E-state index contributed by atoms with van der Waals surface area (Å²) in [4.78, 5) is 6.77. The van der Waals surface area contributed by atoms with E-state index in [1.165, 1.54) is 19.4 Å². The highest BCUT2D eigenvalue weighted by atomic mass is 16.5. The van der Waals surface area contributed by atoms with E-state index in [-0.39, 0.29) is 0 Å². The predicted molar refractivity (Wildman–Crippen MR) is 76.8 cm³/mol. The summed E-state index contributed by atoms with van der Waals surface area (Å²) in [5.41, 5.74) is 1.09. The number of nitrogens with one attached hydrogen (secondary N) is 1. The Morgan fingerprint density at radius 3 is 3.40 bits per heavy atom. The van der Waals surface area contributed by atoms with E-state index in [1.807, 2.05) is 12.1 Å². The number of methoxy groups -OCH3 is 1. The first-order valence-electron chi connectivity index (χ1n) is 7.41. The third-order valence-corrected chi connectivity index (χ3v) is 4.19. The van der Waals surface area contributed by atoms with Crippen LogP contribution in [0.5, 0.6) is 5.88 Å². The fourth-order valence-electron chi connectivity index (χ4n) is 3.12. The number of pyridine rings is 1. The Hall–Kier alpha value is -1.17. The van der Waals surface area contributed by atoms with Gasteiger partial charge in [-0.25, -0.2) is 4.98 Å². The first-order valence-corrected chi connectivity index (χ1v) is 7.41. The lowest BCUT2D eigenvalue weighted by Crippen LogP contribution is -2.49. The summed E-state index contributed by atoms with van der Waals surface area (Å²) >= 11 is 0. The molecule has 1 aromatic rings. The summed E-state index contributed by atoms with van der Waals surface area (Å²) in [7, 11) is 1.66. The quantitative estimate of drug-likeness (QED) is 0.871. The Morgan fingerprint density at radius 1 is 1.55 bits per heavy atom. The van der Waals surface area contributed by atoms with Gasteiger partial charge in [-0.05, 0) is 25.5 Å². The molecule has 2 aliphatic rings. The van der Waals surface area contributed by atoms with Crippen molar-refractivity contribution in [3.63, 3.8) is 0 Å². The highest BCUT2D eigenvalue weighted by molar-refractivity contribution is 5.24. The minimum absolute atomic E-state index is 0.298. The van der Waals surface area contributed by atoms with Crippen molar-refractivity contribution >= 4 is 0 Å². The summed E-state index contributed by atoms with van der Waals surface area (Å²) in [5, 5.41) is 3.45. The zero-order chi connectivity index (χ0) is 13.8. The van der Waals surface area contributed by atoms with Crippen molar-refractivity contribution in [3.8, 4) is 5.88 Å². The van der Waals surface area contributed by atoms with Gasteiger partial charge < -0.3 is 14.8 Å². The van der Waals surface area contributed by atoms with Gasteiger partial charge in [-0.2, -0.15) is 0 Å². The predicted octanol–water partition coefficient (Wildman–Crippen LogP) is 1.04. The first kappa shape index (κ1) is 13.8. The zero-order valence-corrected chi connectivity index (χ0v) is 12.0. The van der Waals surface area contributed by atoms with Gasteiger partial charge in [-0.15, -0.1) is 0 Å². The van der Waals surface area contributed by atoms with Gasteiger partial charge in [-0.3, -0.25) is 4.90 Å². The molecule has 2 unspecified atom stereocenters. The molecule has 0 aromatic carbocycles. The molecule has 0 aliphatic carbocycles. The minimum atomic E-state index is 0.298. The maximum Gasteiger partial charge on any atom is 0.217 e. The third-order valence-electron chi connectivity index (χ3n) is 4.19. The van der Waals surface area contributed by atoms with Crippen LogP contribution >= 0.6 is 0 Å². The Labute approximate surface area is 120 Å². The molecule has 0 amide bonds. The molecule has 5 heteroatoms. The molecule has 0 spiro atoms. The molecule has 1 aromatic heterocycles. The smallest absolute Gasteiger partial charge is 0.217 e. The fraction of sp³-hybridized carbons (Fsp3) is 0.667. The second-order valence-electron chi connectivity index (χ2n) is 5.55. The van der Waals surface area contributed by atoms with Crippen LogP contribution in [0.3, 0.4) is 0 Å². The number of aromatic nitrogens is 1. The Morgan fingerprint density at radius 2 is 2.50 bits per heavy atom. The van der Waals surface area contributed by atoms with Crippen LogP contribution in [0.15, 0.2) is 18.3 Å². The lowest BCUT2D eigenvalue weighted by atomic mass is 10.2. The van der Waals surface area contributed by atoms with Crippen molar-refractivity contribution in [2.24, 2.45) is 0 Å². The maximum atomic E-state index is 5.94. The highest BCUT2D eigenvalue weighted by Gasteiger charge is 2.31. The highest BCUT2D eigenvalue weighted by Crippen LogP contribution is 2.22. The molecular weight excluding hydrogens is 254 g/mol. The molecule has 2 aliphatic heterocycles. The summed E-state index contributed by atoms with van der Waals surface area (Å²) < 4.78 is 11.2. The number of nitrogens with zero attached hydrogens (tertiary/aromatic N) is 2. The standard InChI is InChI=1S/C15H23N3O2/c1-19-15-12(4-2-6-17-15)8-16-9-14-10-18-7-3-5-13(18)11-20-14/h2,4,6,13-14,16H,3,5,7-11H2,1H3. The van der Waals surface area contributed by atoms with Crippen LogP contribution in [-0.2, 0) is 11.3 Å². The lowest BCUT2D eigenvalue weighted by molar-refractivity contribution is -0.0470. The Bertz CT molecular complexity index is 441. The molecule has 3 rings (SSSR count). The molecule has 5 nitrogen and oxygen atoms in total. The van der Waals surface area contributed by atoms with Crippen LogP contribution in [-0.4, -0.2) is 55.4 Å². The number of ether oxygens (including phenoxy) is 2. The topological polar surface area (TPSA) is 46.6 Å². The monoisotopic (exact) mass is 277 g/mol. The normalized spacial score (nSPS) is 26.4. The van der Waals surface area contributed by atoms with Crippen LogP contribution in [0.2, 0.25) is 0 Å². The Balaban J connectivity index is 1.45. The second-order valence-corrected chi connectivity index (χ2v) is 5.55. The SMILES string of the molecule is COc1ncccc1CNCC1CN2CCCC2CO1. The number of hydrogen-bond donors (Lipinski definition) is 1. The molecule has 0 radical (unpaired) electrons. The van der Waals surface area contributed by atoms with E-state index in [9.17, 15) is 0 Å².